The van der Waals surface area contributed by atoms with Crippen LogP contribution in [0.1, 0.15) is 23.2 Å². The molecular weight excluding hydrogens is 361 g/mol. The molecule has 0 bridgehead atoms. The number of carbonyl (C=O) groups excluding carboxylic acids is 1. The predicted molar refractivity (Wildman–Crippen MR) is 104 cm³/mol. The van der Waals surface area contributed by atoms with Crippen molar-refractivity contribution in [1.29, 1.82) is 0 Å². The monoisotopic (exact) mass is 383 g/mol. The standard InChI is InChI=1S/C20H22FN5O2/c1-25-8-6-13(7-9-25)11-22-20(28)16-12-23-26-18(27)10-17(24-19(16)26)14-2-4-15(21)5-3-14/h2-5,10,12-13,23H,6-9,11H2,1H3,(H,22,28). The minimum absolute atomic E-state index is 0.257. The second kappa shape index (κ2) is 7.55. The van der Waals surface area contributed by atoms with Crippen LogP contribution in [0.25, 0.3) is 16.9 Å². The number of halogens is 1. The fraction of sp³-hybridized carbons (Fsp3) is 0.350. The number of nitrogens with zero attached hydrogens (tertiary/aromatic N) is 3. The van der Waals surface area contributed by atoms with Crippen LogP contribution in [0.2, 0.25) is 0 Å². The van der Waals surface area contributed by atoms with Gasteiger partial charge < -0.3 is 10.2 Å². The van der Waals surface area contributed by atoms with E-state index >= 15 is 0 Å². The van der Waals surface area contributed by atoms with E-state index in [9.17, 15) is 14.0 Å². The second-order valence-electron chi connectivity index (χ2n) is 7.29. The van der Waals surface area contributed by atoms with Gasteiger partial charge in [0.15, 0.2) is 5.65 Å². The highest BCUT2D eigenvalue weighted by Crippen LogP contribution is 2.18. The Kier molecular flexibility index (Phi) is 4.95. The van der Waals surface area contributed by atoms with Crippen molar-refractivity contribution in [2.75, 3.05) is 26.7 Å². The predicted octanol–water partition coefficient (Wildman–Crippen LogP) is 1.90. The summed E-state index contributed by atoms with van der Waals surface area (Å²) in [6.45, 7) is 2.67. The molecule has 0 unspecified atom stereocenters. The Morgan fingerprint density at radius 3 is 2.71 bits per heavy atom. The van der Waals surface area contributed by atoms with Gasteiger partial charge in [-0.25, -0.2) is 13.9 Å². The molecule has 0 saturated carbocycles. The second-order valence-corrected chi connectivity index (χ2v) is 7.29. The summed E-state index contributed by atoms with van der Waals surface area (Å²) in [4.78, 5) is 31.8. The van der Waals surface area contributed by atoms with E-state index in [1.165, 1.54) is 28.9 Å². The summed E-state index contributed by atoms with van der Waals surface area (Å²) in [5.74, 6) is -0.172. The number of hydrogen-bond donors (Lipinski definition) is 2. The molecule has 3 heterocycles. The van der Waals surface area contributed by atoms with Crippen LogP contribution >= 0.6 is 0 Å². The molecule has 1 saturated heterocycles. The van der Waals surface area contributed by atoms with Crippen molar-refractivity contribution in [3.63, 3.8) is 0 Å². The molecule has 2 aromatic heterocycles. The number of likely N-dealkylation sites (tertiary alicyclic amines) is 1. The van der Waals surface area contributed by atoms with Crippen LogP contribution in [-0.2, 0) is 0 Å². The SMILES string of the molecule is CN1CCC(CNC(=O)c2c[nH]n3c(=O)cc(-c4ccc(F)cc4)nc23)CC1. The lowest BCUT2D eigenvalue weighted by atomic mass is 9.97. The molecule has 28 heavy (non-hydrogen) atoms. The molecule has 0 aliphatic carbocycles. The zero-order valence-electron chi connectivity index (χ0n) is 15.6. The average molecular weight is 383 g/mol. The van der Waals surface area contributed by atoms with E-state index < -0.39 is 0 Å². The van der Waals surface area contributed by atoms with Crippen LogP contribution in [0.4, 0.5) is 4.39 Å². The van der Waals surface area contributed by atoms with Crippen molar-refractivity contribution in [2.45, 2.75) is 12.8 Å². The van der Waals surface area contributed by atoms with Gasteiger partial charge >= 0.3 is 0 Å². The number of aromatic nitrogens is 3. The highest BCUT2D eigenvalue weighted by Gasteiger charge is 2.20. The fourth-order valence-electron chi connectivity index (χ4n) is 3.52. The van der Waals surface area contributed by atoms with Crippen molar-refractivity contribution in [1.82, 2.24) is 24.8 Å². The van der Waals surface area contributed by atoms with Crippen molar-refractivity contribution in [3.05, 3.63) is 58.3 Å². The average Bonchev–Trinajstić information content (AvgIpc) is 3.12. The van der Waals surface area contributed by atoms with E-state index in [2.05, 4.69) is 27.3 Å². The molecule has 1 aliphatic heterocycles. The van der Waals surface area contributed by atoms with E-state index in [4.69, 9.17) is 0 Å². The van der Waals surface area contributed by atoms with Crippen LogP contribution in [0.15, 0.2) is 41.3 Å². The van der Waals surface area contributed by atoms with Gasteiger partial charge in [-0.05, 0) is 63.2 Å². The van der Waals surface area contributed by atoms with E-state index in [1.54, 1.807) is 12.1 Å². The lowest BCUT2D eigenvalue weighted by molar-refractivity contribution is 0.0940. The number of rotatable bonds is 4. The quantitative estimate of drug-likeness (QED) is 0.721. The molecular formula is C20H22FN5O2. The molecule has 3 aromatic rings. The number of aromatic amines is 1. The van der Waals surface area contributed by atoms with E-state index in [-0.39, 0.29) is 22.9 Å². The smallest absolute Gasteiger partial charge is 0.273 e. The molecule has 1 aromatic carbocycles. The number of fused-ring (bicyclic) bond motifs is 1. The van der Waals surface area contributed by atoms with Crippen molar-refractivity contribution < 1.29 is 9.18 Å². The number of hydrogen-bond acceptors (Lipinski definition) is 4. The Labute approximate surface area is 161 Å². The normalized spacial score (nSPS) is 15.8. The molecule has 1 amide bonds. The summed E-state index contributed by atoms with van der Waals surface area (Å²) in [5.41, 5.74) is 1.24. The molecule has 146 valence electrons. The molecule has 4 rings (SSSR count). The third-order valence-electron chi connectivity index (χ3n) is 5.27. The summed E-state index contributed by atoms with van der Waals surface area (Å²) >= 11 is 0. The zero-order chi connectivity index (χ0) is 19.7. The maximum Gasteiger partial charge on any atom is 0.273 e. The van der Waals surface area contributed by atoms with Gasteiger partial charge in [-0.15, -0.1) is 0 Å². The molecule has 7 nitrogen and oxygen atoms in total. The zero-order valence-corrected chi connectivity index (χ0v) is 15.6. The number of benzene rings is 1. The molecule has 0 radical (unpaired) electrons. The van der Waals surface area contributed by atoms with Gasteiger partial charge in [0.1, 0.15) is 11.4 Å². The summed E-state index contributed by atoms with van der Waals surface area (Å²) in [6.07, 6.45) is 3.59. The Balaban J connectivity index is 1.58. The number of amides is 1. The van der Waals surface area contributed by atoms with E-state index in [0.29, 0.717) is 29.3 Å². The Hall–Kier alpha value is -3.00. The molecule has 1 fully saturated rings. The third kappa shape index (κ3) is 3.68. The number of H-pyrrole nitrogens is 1. The lowest BCUT2D eigenvalue weighted by Gasteiger charge is -2.28. The van der Waals surface area contributed by atoms with Gasteiger partial charge in [0.2, 0.25) is 0 Å². The first-order valence-corrected chi connectivity index (χ1v) is 9.35. The van der Waals surface area contributed by atoms with Gasteiger partial charge in [-0.3, -0.25) is 14.7 Å². The summed E-state index contributed by atoms with van der Waals surface area (Å²) in [6, 6.07) is 7.09. The summed E-state index contributed by atoms with van der Waals surface area (Å²) in [7, 11) is 2.10. The first-order chi connectivity index (χ1) is 13.5. The minimum Gasteiger partial charge on any atom is -0.352 e. The van der Waals surface area contributed by atoms with E-state index in [1.807, 2.05) is 0 Å². The number of nitrogens with one attached hydrogen (secondary N) is 2. The van der Waals surface area contributed by atoms with Crippen LogP contribution in [-0.4, -0.2) is 52.1 Å². The summed E-state index contributed by atoms with van der Waals surface area (Å²) in [5, 5.41) is 5.75. The largest absolute Gasteiger partial charge is 0.352 e. The van der Waals surface area contributed by atoms with Crippen LogP contribution in [0, 0.1) is 11.7 Å². The van der Waals surface area contributed by atoms with Gasteiger partial charge in [0, 0.05) is 24.4 Å². The third-order valence-corrected chi connectivity index (χ3v) is 5.27. The minimum atomic E-state index is -0.364. The van der Waals surface area contributed by atoms with Gasteiger partial charge in [-0.2, -0.15) is 0 Å². The first-order valence-electron chi connectivity index (χ1n) is 9.35. The van der Waals surface area contributed by atoms with Crippen molar-refractivity contribution in [3.8, 4) is 11.3 Å². The number of carbonyl (C=O) groups is 1. The Bertz CT molecular complexity index is 1050. The van der Waals surface area contributed by atoms with Crippen molar-refractivity contribution in [2.24, 2.45) is 5.92 Å². The maximum atomic E-state index is 13.2. The number of piperidine rings is 1. The van der Waals surface area contributed by atoms with E-state index in [0.717, 1.165) is 25.9 Å². The van der Waals surface area contributed by atoms with Crippen molar-refractivity contribution >= 4 is 11.6 Å². The fourth-order valence-corrected chi connectivity index (χ4v) is 3.52. The molecule has 8 heteroatoms. The molecule has 0 atom stereocenters. The molecule has 2 N–H and O–H groups in total. The van der Waals surface area contributed by atoms with Gasteiger partial charge in [0.25, 0.3) is 11.5 Å². The Morgan fingerprint density at radius 1 is 1.29 bits per heavy atom. The van der Waals surface area contributed by atoms with Crippen LogP contribution in [0.3, 0.4) is 0 Å². The van der Waals surface area contributed by atoms with Gasteiger partial charge in [-0.1, -0.05) is 0 Å². The van der Waals surface area contributed by atoms with Gasteiger partial charge in [0.05, 0.1) is 5.69 Å². The Morgan fingerprint density at radius 2 is 2.00 bits per heavy atom. The topological polar surface area (TPSA) is 82.5 Å². The van der Waals surface area contributed by atoms with Crippen LogP contribution in [0.5, 0.6) is 0 Å². The first kappa shape index (κ1) is 18.4. The summed E-state index contributed by atoms with van der Waals surface area (Å²) < 4.78 is 14.4. The molecule has 1 aliphatic rings. The van der Waals surface area contributed by atoms with Crippen LogP contribution < -0.4 is 10.9 Å². The maximum absolute atomic E-state index is 13.2. The lowest BCUT2D eigenvalue weighted by Crippen LogP contribution is -2.36. The highest BCUT2D eigenvalue weighted by molar-refractivity contribution is 5.99. The molecule has 0 spiro atoms. The highest BCUT2D eigenvalue weighted by atomic mass is 19.1.